The molecule has 0 spiro atoms. The van der Waals surface area contributed by atoms with E-state index in [1.165, 1.54) is 16.1 Å². The lowest BCUT2D eigenvalue weighted by Gasteiger charge is -2.18. The quantitative estimate of drug-likeness (QED) is 0.786. The van der Waals surface area contributed by atoms with E-state index in [9.17, 15) is 0 Å². The van der Waals surface area contributed by atoms with Crippen LogP contribution in [0.2, 0.25) is 0 Å². The van der Waals surface area contributed by atoms with E-state index in [2.05, 4.69) is 72.6 Å². The van der Waals surface area contributed by atoms with E-state index in [-0.39, 0.29) is 0 Å². The summed E-state index contributed by atoms with van der Waals surface area (Å²) in [4.78, 5) is 3.68. The summed E-state index contributed by atoms with van der Waals surface area (Å²) in [6.45, 7) is 0. The lowest BCUT2D eigenvalue weighted by atomic mass is 10.2. The van der Waals surface area contributed by atoms with Gasteiger partial charge in [0.15, 0.2) is 0 Å². The second kappa shape index (κ2) is 4.91. The van der Waals surface area contributed by atoms with Gasteiger partial charge in [-0.15, -0.1) is 0 Å². The highest BCUT2D eigenvalue weighted by atomic mass is 32.2. The van der Waals surface area contributed by atoms with Crippen molar-refractivity contribution in [3.63, 3.8) is 0 Å². The third-order valence-corrected chi connectivity index (χ3v) is 4.44. The minimum atomic E-state index is 0.391. The van der Waals surface area contributed by atoms with Gasteiger partial charge < -0.3 is 4.90 Å². The lowest BCUT2D eigenvalue weighted by Crippen LogP contribution is -2.21. The zero-order valence-electron chi connectivity index (χ0n) is 10.3. The average molecular weight is 253 g/mol. The monoisotopic (exact) mass is 253 g/mol. The molecule has 1 aliphatic rings. The molecule has 18 heavy (non-hydrogen) atoms. The van der Waals surface area contributed by atoms with Gasteiger partial charge in [-0.2, -0.15) is 0 Å². The van der Waals surface area contributed by atoms with Crippen molar-refractivity contribution in [3.8, 4) is 0 Å². The maximum atomic E-state index is 2.32. The van der Waals surface area contributed by atoms with Crippen LogP contribution in [-0.2, 0) is 0 Å². The normalized spacial score (nSPS) is 18.3. The van der Waals surface area contributed by atoms with E-state index < -0.39 is 0 Å². The van der Waals surface area contributed by atoms with Crippen LogP contribution in [0.1, 0.15) is 5.56 Å². The van der Waals surface area contributed by atoms with Crippen LogP contribution in [0.25, 0.3) is 6.08 Å². The minimum Gasteiger partial charge on any atom is -0.358 e. The number of para-hydroxylation sites is 1. The highest BCUT2D eigenvalue weighted by molar-refractivity contribution is 8.00. The molecular weight excluding hydrogens is 238 g/mol. The Kier molecular flexibility index (Phi) is 3.11. The Labute approximate surface area is 112 Å². The topological polar surface area (TPSA) is 3.24 Å². The van der Waals surface area contributed by atoms with Crippen molar-refractivity contribution in [3.05, 3.63) is 66.2 Å². The van der Waals surface area contributed by atoms with E-state index in [4.69, 9.17) is 0 Å². The van der Waals surface area contributed by atoms with E-state index in [0.29, 0.717) is 5.37 Å². The Hall–Kier alpha value is -1.67. The molecule has 0 fully saturated rings. The number of nitrogens with zero attached hydrogens (tertiary/aromatic N) is 1. The first kappa shape index (κ1) is 11.4. The fourth-order valence-corrected chi connectivity index (χ4v) is 3.30. The van der Waals surface area contributed by atoms with Crippen LogP contribution in [0.5, 0.6) is 0 Å². The molecule has 90 valence electrons. The summed E-state index contributed by atoms with van der Waals surface area (Å²) >= 11 is 1.90. The van der Waals surface area contributed by atoms with Crippen molar-refractivity contribution in [2.75, 3.05) is 11.9 Å². The highest BCUT2D eigenvalue weighted by Gasteiger charge is 2.24. The predicted octanol–water partition coefficient (Wildman–Crippen LogP) is 4.27. The van der Waals surface area contributed by atoms with Crippen molar-refractivity contribution < 1.29 is 0 Å². The number of anilines is 1. The van der Waals surface area contributed by atoms with Gasteiger partial charge in [-0.3, -0.25) is 0 Å². The first-order valence-electron chi connectivity index (χ1n) is 6.06. The first-order chi connectivity index (χ1) is 8.84. The molecule has 1 heterocycles. The van der Waals surface area contributed by atoms with Crippen LogP contribution in [0.3, 0.4) is 0 Å². The number of likely N-dealkylation sites (N-methyl/N-ethyl adjacent to an activating group) is 1. The Bertz CT molecular complexity index is 562. The van der Waals surface area contributed by atoms with Gasteiger partial charge in [0.05, 0.1) is 11.1 Å². The summed E-state index contributed by atoms with van der Waals surface area (Å²) in [6.07, 6.45) is 4.46. The van der Waals surface area contributed by atoms with Gasteiger partial charge in [-0.25, -0.2) is 0 Å². The molecule has 0 radical (unpaired) electrons. The summed E-state index contributed by atoms with van der Waals surface area (Å²) in [5.74, 6) is 0. The molecule has 0 aromatic heterocycles. The van der Waals surface area contributed by atoms with E-state index in [1.54, 1.807) is 0 Å². The molecule has 2 heteroatoms. The van der Waals surface area contributed by atoms with Crippen molar-refractivity contribution in [2.24, 2.45) is 0 Å². The number of rotatable bonds is 2. The number of hydrogen-bond donors (Lipinski definition) is 0. The van der Waals surface area contributed by atoms with Gasteiger partial charge in [0.1, 0.15) is 0 Å². The molecule has 2 aromatic rings. The summed E-state index contributed by atoms with van der Waals surface area (Å²) in [7, 11) is 2.15. The molecule has 2 aromatic carbocycles. The summed E-state index contributed by atoms with van der Waals surface area (Å²) < 4.78 is 0. The Morgan fingerprint density at radius 3 is 2.50 bits per heavy atom. The predicted molar refractivity (Wildman–Crippen MR) is 80.0 cm³/mol. The van der Waals surface area contributed by atoms with Crippen molar-refractivity contribution in [1.82, 2.24) is 0 Å². The average Bonchev–Trinajstić information content (AvgIpc) is 2.75. The van der Waals surface area contributed by atoms with Crippen LogP contribution in [0, 0.1) is 0 Å². The molecule has 3 rings (SSSR count). The number of fused-ring (bicyclic) bond motifs is 1. The van der Waals surface area contributed by atoms with E-state index in [1.807, 2.05) is 17.8 Å². The van der Waals surface area contributed by atoms with E-state index >= 15 is 0 Å². The molecule has 0 bridgehead atoms. The fourth-order valence-electron chi connectivity index (χ4n) is 2.12. The van der Waals surface area contributed by atoms with Gasteiger partial charge in [-0.1, -0.05) is 66.4 Å². The summed E-state index contributed by atoms with van der Waals surface area (Å²) in [5.41, 5.74) is 2.58. The van der Waals surface area contributed by atoms with Crippen molar-refractivity contribution in [2.45, 2.75) is 10.3 Å². The first-order valence-corrected chi connectivity index (χ1v) is 6.94. The van der Waals surface area contributed by atoms with Crippen LogP contribution in [0.15, 0.2) is 65.6 Å². The van der Waals surface area contributed by atoms with Crippen LogP contribution in [-0.4, -0.2) is 12.4 Å². The molecule has 0 aliphatic carbocycles. The number of thioether (sulfide) groups is 1. The second-order valence-electron chi connectivity index (χ2n) is 4.36. The Balaban J connectivity index is 1.79. The van der Waals surface area contributed by atoms with Crippen LogP contribution in [0.4, 0.5) is 5.69 Å². The highest BCUT2D eigenvalue weighted by Crippen LogP contribution is 2.42. The van der Waals surface area contributed by atoms with Crippen molar-refractivity contribution >= 4 is 23.5 Å². The zero-order chi connectivity index (χ0) is 12.4. The lowest BCUT2D eigenvalue weighted by molar-refractivity contribution is 0.993. The van der Waals surface area contributed by atoms with Crippen LogP contribution < -0.4 is 4.90 Å². The molecule has 1 unspecified atom stereocenters. The standard InChI is InChI=1S/C16H15NS/c1-17-14-9-5-6-10-15(14)18-16(17)12-11-13-7-3-2-4-8-13/h2-12,16H,1H3/b12-11-. The second-order valence-corrected chi connectivity index (χ2v) is 5.52. The maximum Gasteiger partial charge on any atom is 0.0983 e. The van der Waals surface area contributed by atoms with Gasteiger partial charge in [-0.05, 0) is 17.7 Å². The molecule has 1 nitrogen and oxygen atoms in total. The zero-order valence-corrected chi connectivity index (χ0v) is 11.1. The largest absolute Gasteiger partial charge is 0.358 e. The third-order valence-electron chi connectivity index (χ3n) is 3.13. The SMILES string of the molecule is CN1c2ccccc2SC1/C=C\c1ccccc1. The van der Waals surface area contributed by atoms with Crippen LogP contribution >= 0.6 is 11.8 Å². The Morgan fingerprint density at radius 2 is 1.72 bits per heavy atom. The maximum absolute atomic E-state index is 2.32. The summed E-state index contributed by atoms with van der Waals surface area (Å²) in [6, 6.07) is 19.0. The van der Waals surface area contributed by atoms with Crippen molar-refractivity contribution in [1.29, 1.82) is 0 Å². The molecule has 0 amide bonds. The molecule has 0 N–H and O–H groups in total. The molecule has 0 saturated heterocycles. The van der Waals surface area contributed by atoms with Gasteiger partial charge >= 0.3 is 0 Å². The van der Waals surface area contributed by atoms with Gasteiger partial charge in [0, 0.05) is 11.9 Å². The molecule has 1 aliphatic heterocycles. The molecular formula is C16H15NS. The smallest absolute Gasteiger partial charge is 0.0983 e. The molecule has 0 saturated carbocycles. The Morgan fingerprint density at radius 1 is 1.00 bits per heavy atom. The fraction of sp³-hybridized carbons (Fsp3) is 0.125. The minimum absolute atomic E-state index is 0.391. The number of benzene rings is 2. The molecule has 1 atom stereocenters. The third kappa shape index (κ3) is 2.16. The number of hydrogen-bond acceptors (Lipinski definition) is 2. The van der Waals surface area contributed by atoms with Gasteiger partial charge in [0.2, 0.25) is 0 Å². The van der Waals surface area contributed by atoms with E-state index in [0.717, 1.165) is 0 Å². The van der Waals surface area contributed by atoms with Gasteiger partial charge in [0.25, 0.3) is 0 Å². The summed E-state index contributed by atoms with van der Waals surface area (Å²) in [5, 5.41) is 0.391.